The number of aromatic nitrogens is 2. The second kappa shape index (κ2) is 5.01. The fourth-order valence-corrected chi connectivity index (χ4v) is 3.07. The van der Waals surface area contributed by atoms with Gasteiger partial charge in [0.1, 0.15) is 0 Å². The van der Waals surface area contributed by atoms with E-state index in [9.17, 15) is 9.18 Å². The summed E-state index contributed by atoms with van der Waals surface area (Å²) in [7, 11) is 0. The third-order valence-corrected chi connectivity index (χ3v) is 4.36. The minimum absolute atomic E-state index is 0.0271. The number of imidazole rings is 1. The number of hydrogen-bond acceptors (Lipinski definition) is 2. The van der Waals surface area contributed by atoms with E-state index in [-0.39, 0.29) is 10.0 Å². The lowest BCUT2D eigenvalue weighted by atomic mass is 10.0. The largest absolute Gasteiger partial charge is 0.478 e. The third kappa shape index (κ3) is 2.04. The summed E-state index contributed by atoms with van der Waals surface area (Å²) in [5, 5.41) is 8.99. The summed E-state index contributed by atoms with van der Waals surface area (Å²) in [5.74, 6) is -1.73. The molecule has 0 bridgehead atoms. The van der Waals surface area contributed by atoms with Gasteiger partial charge in [0.05, 0.1) is 27.7 Å². The minimum Gasteiger partial charge on any atom is -0.478 e. The highest BCUT2D eigenvalue weighted by molar-refractivity contribution is 9.10. The van der Waals surface area contributed by atoms with Crippen LogP contribution < -0.4 is 0 Å². The molecule has 0 fully saturated rings. The van der Waals surface area contributed by atoms with Crippen LogP contribution >= 0.6 is 15.9 Å². The average Bonchev–Trinajstić information content (AvgIpc) is 2.85. The topological polar surface area (TPSA) is 55.1 Å². The molecule has 20 heavy (non-hydrogen) atoms. The molecule has 0 radical (unpaired) electrons. The van der Waals surface area contributed by atoms with Gasteiger partial charge < -0.3 is 9.67 Å². The Morgan fingerprint density at radius 2 is 2.10 bits per heavy atom. The van der Waals surface area contributed by atoms with Crippen LogP contribution in [-0.4, -0.2) is 20.6 Å². The fourth-order valence-electron chi connectivity index (χ4n) is 2.57. The fraction of sp³-hybridized carbons (Fsp3) is 0.286. The van der Waals surface area contributed by atoms with Gasteiger partial charge in [0, 0.05) is 5.69 Å². The molecular weight excluding hydrogens is 327 g/mol. The van der Waals surface area contributed by atoms with Gasteiger partial charge in [-0.3, -0.25) is 0 Å². The van der Waals surface area contributed by atoms with E-state index in [1.807, 2.05) is 0 Å². The molecule has 104 valence electrons. The predicted molar refractivity (Wildman–Crippen MR) is 74.8 cm³/mol. The van der Waals surface area contributed by atoms with Crippen molar-refractivity contribution in [2.75, 3.05) is 0 Å². The average molecular weight is 339 g/mol. The van der Waals surface area contributed by atoms with Gasteiger partial charge >= 0.3 is 5.97 Å². The first-order valence-electron chi connectivity index (χ1n) is 6.36. The van der Waals surface area contributed by atoms with Crippen LogP contribution in [0.3, 0.4) is 0 Å². The number of benzene rings is 1. The van der Waals surface area contributed by atoms with Crippen LogP contribution in [0.1, 0.15) is 34.6 Å². The number of hydrogen-bond donors (Lipinski definition) is 1. The zero-order chi connectivity index (χ0) is 14.3. The minimum atomic E-state index is -1.16. The second-order valence-corrected chi connectivity index (χ2v) is 5.57. The van der Waals surface area contributed by atoms with Crippen molar-refractivity contribution >= 4 is 21.9 Å². The highest BCUT2D eigenvalue weighted by Crippen LogP contribution is 2.29. The third-order valence-electron chi connectivity index (χ3n) is 3.58. The Morgan fingerprint density at radius 1 is 1.35 bits per heavy atom. The molecule has 0 saturated heterocycles. The van der Waals surface area contributed by atoms with Crippen molar-refractivity contribution < 1.29 is 14.3 Å². The maximum atomic E-state index is 14.4. The quantitative estimate of drug-likeness (QED) is 0.913. The van der Waals surface area contributed by atoms with E-state index >= 15 is 0 Å². The monoisotopic (exact) mass is 338 g/mol. The van der Waals surface area contributed by atoms with Gasteiger partial charge in [0.25, 0.3) is 0 Å². The summed E-state index contributed by atoms with van der Waals surface area (Å²) in [4.78, 5) is 15.3. The van der Waals surface area contributed by atoms with Crippen LogP contribution in [0.25, 0.3) is 5.69 Å². The highest BCUT2D eigenvalue weighted by Gasteiger charge is 2.21. The van der Waals surface area contributed by atoms with Gasteiger partial charge in [0.2, 0.25) is 0 Å². The number of nitrogens with zero attached hydrogens (tertiary/aromatic N) is 2. The van der Waals surface area contributed by atoms with E-state index in [1.165, 1.54) is 12.1 Å². The van der Waals surface area contributed by atoms with Crippen LogP contribution in [0.2, 0.25) is 0 Å². The normalized spacial score (nSPS) is 14.1. The van der Waals surface area contributed by atoms with Crippen molar-refractivity contribution in [1.82, 2.24) is 9.55 Å². The molecule has 0 atom stereocenters. The Balaban J connectivity index is 2.14. The molecule has 0 saturated carbocycles. The predicted octanol–water partition coefficient (Wildman–Crippen LogP) is 3.35. The van der Waals surface area contributed by atoms with Crippen molar-refractivity contribution in [3.05, 3.63) is 45.7 Å². The van der Waals surface area contributed by atoms with Crippen LogP contribution in [0, 0.1) is 5.82 Å². The number of fused-ring (bicyclic) bond motifs is 1. The Kier molecular flexibility index (Phi) is 3.33. The molecule has 0 spiro atoms. The molecule has 3 rings (SSSR count). The molecule has 0 amide bonds. The molecule has 1 aliphatic rings. The molecule has 4 nitrogen and oxygen atoms in total. The van der Waals surface area contributed by atoms with E-state index in [4.69, 9.17) is 5.11 Å². The molecule has 2 aromatic rings. The van der Waals surface area contributed by atoms with Crippen LogP contribution in [0.4, 0.5) is 4.39 Å². The Bertz CT molecular complexity index is 697. The maximum absolute atomic E-state index is 14.4. The first-order chi connectivity index (χ1) is 9.59. The van der Waals surface area contributed by atoms with Gasteiger partial charge in [0.15, 0.2) is 5.82 Å². The first kappa shape index (κ1) is 13.3. The van der Waals surface area contributed by atoms with Crippen LogP contribution in [-0.2, 0) is 12.8 Å². The SMILES string of the molecule is O=C(O)c1ccc(-n2cnc3c2CCCC3)c(F)c1Br. The number of carboxylic acid groups (broad SMARTS) is 1. The Morgan fingerprint density at radius 3 is 2.85 bits per heavy atom. The number of rotatable bonds is 2. The molecule has 1 heterocycles. The summed E-state index contributed by atoms with van der Waals surface area (Å²) in [5.41, 5.74) is 2.27. The second-order valence-electron chi connectivity index (χ2n) is 4.78. The molecule has 1 N–H and O–H groups in total. The Hall–Kier alpha value is -1.69. The Labute approximate surface area is 123 Å². The standard InChI is InChI=1S/C14H12BrFN2O2/c15-12-8(14(19)20)5-6-11(13(12)16)18-7-17-9-3-1-2-4-10(9)18/h5-7H,1-4H2,(H,19,20). The van der Waals surface area contributed by atoms with Crippen molar-refractivity contribution in [2.24, 2.45) is 0 Å². The van der Waals surface area contributed by atoms with Crippen molar-refractivity contribution in [3.63, 3.8) is 0 Å². The number of halogens is 2. The molecule has 6 heteroatoms. The maximum Gasteiger partial charge on any atom is 0.336 e. The smallest absolute Gasteiger partial charge is 0.336 e. The molecule has 1 aromatic carbocycles. The van der Waals surface area contributed by atoms with E-state index in [2.05, 4.69) is 20.9 Å². The molecule has 0 aliphatic heterocycles. The van der Waals surface area contributed by atoms with Crippen LogP contribution in [0.15, 0.2) is 22.9 Å². The lowest BCUT2D eigenvalue weighted by Crippen LogP contribution is -2.09. The van der Waals surface area contributed by atoms with Crippen molar-refractivity contribution in [1.29, 1.82) is 0 Å². The number of aromatic carboxylic acids is 1. The van der Waals surface area contributed by atoms with Gasteiger partial charge in [-0.05, 0) is 53.7 Å². The number of aryl methyl sites for hydroxylation is 1. The van der Waals surface area contributed by atoms with Gasteiger partial charge in [-0.2, -0.15) is 0 Å². The van der Waals surface area contributed by atoms with Gasteiger partial charge in [-0.15, -0.1) is 0 Å². The van der Waals surface area contributed by atoms with E-state index in [1.54, 1.807) is 10.9 Å². The lowest BCUT2D eigenvalue weighted by Gasteiger charge is -2.15. The summed E-state index contributed by atoms with van der Waals surface area (Å²) in [6.07, 6.45) is 5.56. The summed E-state index contributed by atoms with van der Waals surface area (Å²) >= 11 is 3.02. The molecule has 0 unspecified atom stereocenters. The lowest BCUT2D eigenvalue weighted by molar-refractivity contribution is 0.0695. The zero-order valence-electron chi connectivity index (χ0n) is 10.6. The number of carbonyl (C=O) groups is 1. The van der Waals surface area contributed by atoms with E-state index in [0.717, 1.165) is 37.1 Å². The zero-order valence-corrected chi connectivity index (χ0v) is 12.2. The highest BCUT2D eigenvalue weighted by atomic mass is 79.9. The summed E-state index contributed by atoms with van der Waals surface area (Å²) < 4.78 is 16.1. The van der Waals surface area contributed by atoms with Crippen molar-refractivity contribution in [2.45, 2.75) is 25.7 Å². The van der Waals surface area contributed by atoms with E-state index in [0.29, 0.717) is 5.69 Å². The summed E-state index contributed by atoms with van der Waals surface area (Å²) in [6, 6.07) is 2.89. The molecular formula is C14H12BrFN2O2. The molecule has 1 aromatic heterocycles. The van der Waals surface area contributed by atoms with Gasteiger partial charge in [-0.1, -0.05) is 0 Å². The van der Waals surface area contributed by atoms with Gasteiger partial charge in [-0.25, -0.2) is 14.2 Å². The first-order valence-corrected chi connectivity index (χ1v) is 7.15. The van der Waals surface area contributed by atoms with Crippen LogP contribution in [0.5, 0.6) is 0 Å². The number of carboxylic acids is 1. The van der Waals surface area contributed by atoms with E-state index < -0.39 is 11.8 Å². The van der Waals surface area contributed by atoms with Crippen molar-refractivity contribution in [3.8, 4) is 5.69 Å². The molecule has 1 aliphatic carbocycles. The summed E-state index contributed by atoms with van der Waals surface area (Å²) in [6.45, 7) is 0.